The van der Waals surface area contributed by atoms with E-state index in [1.165, 1.54) is 5.56 Å². The van der Waals surface area contributed by atoms with Crippen LogP contribution in [0.2, 0.25) is 0 Å². The summed E-state index contributed by atoms with van der Waals surface area (Å²) in [5.41, 5.74) is 3.26. The van der Waals surface area contributed by atoms with E-state index in [0.717, 1.165) is 22.0 Å². The van der Waals surface area contributed by atoms with Gasteiger partial charge in [0.25, 0.3) is 5.91 Å². The number of halogens is 1. The van der Waals surface area contributed by atoms with Crippen molar-refractivity contribution < 1.29 is 14.3 Å². The third-order valence-electron chi connectivity index (χ3n) is 4.79. The van der Waals surface area contributed by atoms with Crippen molar-refractivity contribution >= 4 is 27.7 Å². The average molecular weight is 475 g/mol. The van der Waals surface area contributed by atoms with Crippen molar-refractivity contribution in [3.63, 3.8) is 0 Å². The molecule has 6 heteroatoms. The zero-order chi connectivity index (χ0) is 22.3. The fourth-order valence-electron chi connectivity index (χ4n) is 3.10. The van der Waals surface area contributed by atoms with Crippen LogP contribution < -0.4 is 10.1 Å². The Morgan fingerprint density at radius 2 is 1.83 bits per heavy atom. The molecule has 30 heavy (non-hydrogen) atoms. The van der Waals surface area contributed by atoms with Gasteiger partial charge in [-0.3, -0.25) is 9.59 Å². The highest BCUT2D eigenvalue weighted by atomic mass is 79.9. The molecule has 2 amide bonds. The predicted octanol–water partition coefficient (Wildman–Crippen LogP) is 4.64. The molecule has 162 valence electrons. The van der Waals surface area contributed by atoms with E-state index in [1.807, 2.05) is 63.2 Å². The van der Waals surface area contributed by atoms with Crippen LogP contribution in [0.25, 0.3) is 0 Å². The Morgan fingerprint density at radius 1 is 1.10 bits per heavy atom. The first-order valence-electron chi connectivity index (χ1n) is 10.3. The van der Waals surface area contributed by atoms with E-state index in [1.54, 1.807) is 11.8 Å². The van der Waals surface area contributed by atoms with Gasteiger partial charge in [0.05, 0.1) is 4.47 Å². The second-order valence-electron chi connectivity index (χ2n) is 7.76. The van der Waals surface area contributed by atoms with Crippen molar-refractivity contribution in [2.45, 2.75) is 59.7 Å². The number of hydrogen-bond acceptors (Lipinski definition) is 3. The summed E-state index contributed by atoms with van der Waals surface area (Å²) in [5.74, 6) is 0.184. The van der Waals surface area contributed by atoms with Crippen LogP contribution in [0.1, 0.15) is 44.4 Å². The molecule has 0 heterocycles. The zero-order valence-electron chi connectivity index (χ0n) is 18.4. The Morgan fingerprint density at radius 3 is 2.43 bits per heavy atom. The van der Waals surface area contributed by atoms with Gasteiger partial charge in [0.1, 0.15) is 11.8 Å². The maximum Gasteiger partial charge on any atom is 0.261 e. The first-order chi connectivity index (χ1) is 14.2. The van der Waals surface area contributed by atoms with E-state index in [-0.39, 0.29) is 24.5 Å². The van der Waals surface area contributed by atoms with Gasteiger partial charge in [-0.15, -0.1) is 0 Å². The molecule has 0 aromatic heterocycles. The number of ether oxygens (including phenoxy) is 1. The van der Waals surface area contributed by atoms with Crippen molar-refractivity contribution in [3.05, 3.63) is 63.6 Å². The molecule has 0 aliphatic carbocycles. The fourth-order valence-corrected chi connectivity index (χ4v) is 3.64. The molecule has 0 aliphatic rings. The van der Waals surface area contributed by atoms with Crippen LogP contribution in [-0.2, 0) is 22.6 Å². The average Bonchev–Trinajstić information content (AvgIpc) is 2.69. The van der Waals surface area contributed by atoms with E-state index in [2.05, 4.69) is 28.2 Å². The summed E-state index contributed by atoms with van der Waals surface area (Å²) in [7, 11) is 0. The predicted molar refractivity (Wildman–Crippen MR) is 123 cm³/mol. The van der Waals surface area contributed by atoms with Crippen LogP contribution >= 0.6 is 15.9 Å². The molecule has 0 radical (unpaired) electrons. The number of aryl methyl sites for hydroxylation is 2. The quantitative estimate of drug-likeness (QED) is 0.575. The summed E-state index contributed by atoms with van der Waals surface area (Å²) in [6, 6.07) is 13.2. The summed E-state index contributed by atoms with van der Waals surface area (Å²) >= 11 is 3.50. The van der Waals surface area contributed by atoms with Gasteiger partial charge in [0.2, 0.25) is 5.91 Å². The van der Waals surface area contributed by atoms with Gasteiger partial charge in [-0.1, -0.05) is 42.8 Å². The molecular formula is C24H31BrN2O3. The first-order valence-corrected chi connectivity index (χ1v) is 11.1. The van der Waals surface area contributed by atoms with E-state index in [0.29, 0.717) is 12.3 Å². The number of nitrogens with one attached hydrogen (secondary N) is 1. The summed E-state index contributed by atoms with van der Waals surface area (Å²) in [4.78, 5) is 27.2. The number of nitrogens with zero attached hydrogens (tertiary/aromatic N) is 1. The Balaban J connectivity index is 2.17. The lowest BCUT2D eigenvalue weighted by atomic mass is 10.1. The largest absolute Gasteiger partial charge is 0.483 e. The second-order valence-corrected chi connectivity index (χ2v) is 8.61. The van der Waals surface area contributed by atoms with Crippen LogP contribution in [0.15, 0.2) is 46.9 Å². The van der Waals surface area contributed by atoms with Gasteiger partial charge >= 0.3 is 0 Å². The number of hydrogen-bond donors (Lipinski definition) is 1. The minimum absolute atomic E-state index is 0.000146. The van der Waals surface area contributed by atoms with E-state index in [9.17, 15) is 9.59 Å². The molecule has 0 fully saturated rings. The van der Waals surface area contributed by atoms with Crippen LogP contribution in [0.4, 0.5) is 0 Å². The molecule has 0 unspecified atom stereocenters. The molecular weight excluding hydrogens is 444 g/mol. The zero-order valence-corrected chi connectivity index (χ0v) is 20.0. The monoisotopic (exact) mass is 474 g/mol. The molecule has 2 aromatic carbocycles. The summed E-state index contributed by atoms with van der Waals surface area (Å²) in [5, 5.41) is 2.89. The lowest BCUT2D eigenvalue weighted by molar-refractivity contribution is -0.142. The molecule has 2 rings (SSSR count). The molecule has 1 N–H and O–H groups in total. The minimum atomic E-state index is -0.616. The minimum Gasteiger partial charge on any atom is -0.483 e. The maximum atomic E-state index is 13.1. The molecule has 5 nitrogen and oxygen atoms in total. The third-order valence-corrected chi connectivity index (χ3v) is 5.41. The van der Waals surface area contributed by atoms with Crippen LogP contribution in [0.5, 0.6) is 5.75 Å². The van der Waals surface area contributed by atoms with Gasteiger partial charge in [-0.25, -0.2) is 0 Å². The number of amides is 2. The summed E-state index contributed by atoms with van der Waals surface area (Å²) in [6.07, 6.45) is 0.921. The van der Waals surface area contributed by atoms with Gasteiger partial charge < -0.3 is 15.0 Å². The standard InChI is InChI=1S/C24H31BrN2O3/c1-6-19-10-11-22(21(25)13-19)30-15-23(28)27(18(5)24(29)26-16(2)3)14-20-9-7-8-17(4)12-20/h7-13,16,18H,6,14-15H2,1-5H3,(H,26,29)/t18-/m1/s1. The molecule has 0 bridgehead atoms. The SMILES string of the molecule is CCc1ccc(OCC(=O)N(Cc2cccc(C)c2)[C@H](C)C(=O)NC(C)C)c(Br)c1. The van der Waals surface area contributed by atoms with Crippen LogP contribution in [-0.4, -0.2) is 35.4 Å². The fraction of sp³-hybridized carbons (Fsp3) is 0.417. The van der Waals surface area contributed by atoms with E-state index < -0.39 is 6.04 Å². The summed E-state index contributed by atoms with van der Waals surface area (Å²) in [6.45, 7) is 9.83. The number of benzene rings is 2. The lowest BCUT2D eigenvalue weighted by Gasteiger charge is -2.29. The van der Waals surface area contributed by atoms with Gasteiger partial charge in [0, 0.05) is 12.6 Å². The van der Waals surface area contributed by atoms with Crippen molar-refractivity contribution in [1.82, 2.24) is 10.2 Å². The van der Waals surface area contributed by atoms with Crippen LogP contribution in [0, 0.1) is 6.92 Å². The van der Waals surface area contributed by atoms with Crippen molar-refractivity contribution in [2.75, 3.05) is 6.61 Å². The Hall–Kier alpha value is -2.34. The smallest absolute Gasteiger partial charge is 0.261 e. The Labute approximate surface area is 187 Å². The van der Waals surface area contributed by atoms with Crippen molar-refractivity contribution in [3.8, 4) is 5.75 Å². The van der Waals surface area contributed by atoms with Gasteiger partial charge in [-0.2, -0.15) is 0 Å². The third kappa shape index (κ3) is 6.87. The first kappa shape index (κ1) is 23.9. The maximum absolute atomic E-state index is 13.1. The highest BCUT2D eigenvalue weighted by Crippen LogP contribution is 2.26. The Bertz CT molecular complexity index is 883. The molecule has 0 aliphatic heterocycles. The number of rotatable bonds is 9. The van der Waals surface area contributed by atoms with Crippen molar-refractivity contribution in [1.29, 1.82) is 0 Å². The molecule has 0 saturated heterocycles. The normalized spacial score (nSPS) is 11.8. The Kier molecular flexibility index (Phi) is 8.90. The molecule has 0 spiro atoms. The highest BCUT2D eigenvalue weighted by Gasteiger charge is 2.27. The van der Waals surface area contributed by atoms with Crippen LogP contribution in [0.3, 0.4) is 0 Å². The topological polar surface area (TPSA) is 58.6 Å². The second kappa shape index (κ2) is 11.2. The van der Waals surface area contributed by atoms with Gasteiger partial charge in [-0.05, 0) is 73.3 Å². The van der Waals surface area contributed by atoms with Gasteiger partial charge in [0.15, 0.2) is 6.61 Å². The van der Waals surface area contributed by atoms with E-state index >= 15 is 0 Å². The highest BCUT2D eigenvalue weighted by molar-refractivity contribution is 9.10. The molecule has 0 saturated carbocycles. The number of carbonyl (C=O) groups is 2. The number of carbonyl (C=O) groups excluding carboxylic acids is 2. The molecule has 1 atom stereocenters. The molecule has 2 aromatic rings. The van der Waals surface area contributed by atoms with E-state index in [4.69, 9.17) is 4.74 Å². The summed E-state index contributed by atoms with van der Waals surface area (Å²) < 4.78 is 6.59. The van der Waals surface area contributed by atoms with Crippen molar-refractivity contribution in [2.24, 2.45) is 0 Å². The lowest BCUT2D eigenvalue weighted by Crippen LogP contribution is -2.50.